The van der Waals surface area contributed by atoms with Crippen molar-refractivity contribution in [2.24, 2.45) is 11.8 Å². The zero-order valence-electron chi connectivity index (χ0n) is 7.71. The Balaban J connectivity index is 2.56. The van der Waals surface area contributed by atoms with E-state index in [1.54, 1.807) is 7.11 Å². The average molecular weight is 154 g/mol. The van der Waals surface area contributed by atoms with E-state index in [0.29, 0.717) is 6.10 Å². The molecule has 0 spiro atoms. The molecule has 0 aliphatic heterocycles. The van der Waals surface area contributed by atoms with Crippen LogP contribution in [-0.2, 0) is 4.74 Å². The van der Waals surface area contributed by atoms with Crippen LogP contribution in [0.25, 0.3) is 0 Å². The Morgan fingerprint density at radius 1 is 1.45 bits per heavy atom. The Morgan fingerprint density at radius 3 is 2.64 bits per heavy atom. The highest BCUT2D eigenvalue weighted by molar-refractivity contribution is 4.99. The van der Waals surface area contributed by atoms with Crippen molar-refractivity contribution in [3.05, 3.63) is 12.2 Å². The van der Waals surface area contributed by atoms with Gasteiger partial charge in [-0.05, 0) is 24.7 Å². The fraction of sp³-hybridized carbons (Fsp3) is 0.800. The summed E-state index contributed by atoms with van der Waals surface area (Å²) in [5.41, 5.74) is 0. The Bertz CT molecular complexity index is 138. The first-order valence-corrected chi connectivity index (χ1v) is 4.45. The van der Waals surface area contributed by atoms with E-state index in [9.17, 15) is 0 Å². The van der Waals surface area contributed by atoms with Gasteiger partial charge in [0.2, 0.25) is 0 Å². The van der Waals surface area contributed by atoms with Gasteiger partial charge in [0, 0.05) is 7.11 Å². The first-order chi connectivity index (χ1) is 5.25. The van der Waals surface area contributed by atoms with Crippen molar-refractivity contribution in [3.8, 4) is 0 Å². The molecule has 11 heavy (non-hydrogen) atoms. The van der Waals surface area contributed by atoms with Crippen LogP contribution in [0.1, 0.15) is 26.7 Å². The lowest BCUT2D eigenvalue weighted by atomic mass is 9.83. The standard InChI is InChI=1S/C10H18O/c1-8(2)9-6-4-5-7-10(9)11-3/h5,7-10H,4,6H2,1-3H3/t9-,10+/m1/s1. The maximum Gasteiger partial charge on any atom is 0.0782 e. The van der Waals surface area contributed by atoms with Crippen LogP contribution in [0, 0.1) is 11.8 Å². The number of ether oxygens (including phenoxy) is 1. The van der Waals surface area contributed by atoms with E-state index in [1.165, 1.54) is 12.8 Å². The van der Waals surface area contributed by atoms with Crippen molar-refractivity contribution in [3.63, 3.8) is 0 Å². The molecule has 0 heterocycles. The quantitative estimate of drug-likeness (QED) is 0.555. The number of hydrogen-bond donors (Lipinski definition) is 0. The van der Waals surface area contributed by atoms with Gasteiger partial charge >= 0.3 is 0 Å². The van der Waals surface area contributed by atoms with Crippen LogP contribution in [0.3, 0.4) is 0 Å². The van der Waals surface area contributed by atoms with Gasteiger partial charge in [0.1, 0.15) is 0 Å². The largest absolute Gasteiger partial charge is 0.377 e. The lowest BCUT2D eigenvalue weighted by Crippen LogP contribution is -2.27. The van der Waals surface area contributed by atoms with Crippen LogP contribution in [0.5, 0.6) is 0 Å². The number of hydrogen-bond acceptors (Lipinski definition) is 1. The molecule has 0 aromatic carbocycles. The van der Waals surface area contributed by atoms with E-state index >= 15 is 0 Å². The molecule has 0 aromatic rings. The fourth-order valence-electron chi connectivity index (χ4n) is 1.79. The van der Waals surface area contributed by atoms with E-state index in [4.69, 9.17) is 4.74 Å². The van der Waals surface area contributed by atoms with Gasteiger partial charge in [-0.3, -0.25) is 0 Å². The van der Waals surface area contributed by atoms with Crippen molar-refractivity contribution in [2.75, 3.05) is 7.11 Å². The molecule has 0 radical (unpaired) electrons. The molecule has 1 aliphatic carbocycles. The summed E-state index contributed by atoms with van der Waals surface area (Å²) in [6, 6.07) is 0. The van der Waals surface area contributed by atoms with E-state index < -0.39 is 0 Å². The van der Waals surface area contributed by atoms with E-state index in [2.05, 4.69) is 26.0 Å². The summed E-state index contributed by atoms with van der Waals surface area (Å²) in [5, 5.41) is 0. The summed E-state index contributed by atoms with van der Waals surface area (Å²) in [4.78, 5) is 0. The lowest BCUT2D eigenvalue weighted by molar-refractivity contribution is 0.0600. The minimum absolute atomic E-state index is 0.365. The van der Waals surface area contributed by atoms with Crippen LogP contribution in [0.15, 0.2) is 12.2 Å². The van der Waals surface area contributed by atoms with E-state index in [0.717, 1.165) is 11.8 Å². The Labute approximate surface area is 69.4 Å². The van der Waals surface area contributed by atoms with Crippen LogP contribution in [0.4, 0.5) is 0 Å². The zero-order chi connectivity index (χ0) is 8.27. The maximum absolute atomic E-state index is 5.38. The van der Waals surface area contributed by atoms with Gasteiger partial charge in [0.15, 0.2) is 0 Å². The fourth-order valence-corrected chi connectivity index (χ4v) is 1.79. The normalized spacial score (nSPS) is 31.3. The zero-order valence-corrected chi connectivity index (χ0v) is 7.71. The second-order valence-electron chi connectivity index (χ2n) is 3.61. The van der Waals surface area contributed by atoms with E-state index in [-0.39, 0.29) is 0 Å². The van der Waals surface area contributed by atoms with E-state index in [1.807, 2.05) is 0 Å². The van der Waals surface area contributed by atoms with Crippen molar-refractivity contribution in [2.45, 2.75) is 32.8 Å². The molecular weight excluding hydrogens is 136 g/mol. The van der Waals surface area contributed by atoms with Gasteiger partial charge in [0.25, 0.3) is 0 Å². The number of methoxy groups -OCH3 is 1. The minimum Gasteiger partial charge on any atom is -0.377 e. The Morgan fingerprint density at radius 2 is 2.18 bits per heavy atom. The van der Waals surface area contributed by atoms with Crippen molar-refractivity contribution in [1.29, 1.82) is 0 Å². The summed E-state index contributed by atoms with van der Waals surface area (Å²) in [6.07, 6.45) is 7.31. The average Bonchev–Trinajstić information content (AvgIpc) is 2.04. The van der Waals surface area contributed by atoms with Gasteiger partial charge < -0.3 is 4.74 Å². The molecule has 0 saturated heterocycles. The summed E-state index contributed by atoms with van der Waals surface area (Å²) in [6.45, 7) is 4.55. The van der Waals surface area contributed by atoms with Crippen molar-refractivity contribution < 1.29 is 4.74 Å². The van der Waals surface area contributed by atoms with Gasteiger partial charge in [-0.1, -0.05) is 26.0 Å². The van der Waals surface area contributed by atoms with Gasteiger partial charge in [-0.15, -0.1) is 0 Å². The SMILES string of the molecule is CO[C@H]1C=CCC[C@@H]1C(C)C. The topological polar surface area (TPSA) is 9.23 Å². The lowest BCUT2D eigenvalue weighted by Gasteiger charge is -2.29. The summed E-state index contributed by atoms with van der Waals surface area (Å²) >= 11 is 0. The third-order valence-electron chi connectivity index (χ3n) is 2.54. The second-order valence-corrected chi connectivity index (χ2v) is 3.61. The van der Waals surface area contributed by atoms with Gasteiger partial charge in [0.05, 0.1) is 6.10 Å². The first-order valence-electron chi connectivity index (χ1n) is 4.45. The third kappa shape index (κ3) is 2.06. The highest BCUT2D eigenvalue weighted by Crippen LogP contribution is 2.27. The molecule has 1 rings (SSSR count). The molecule has 1 heteroatoms. The first kappa shape index (κ1) is 8.79. The van der Waals surface area contributed by atoms with Gasteiger partial charge in [-0.25, -0.2) is 0 Å². The molecule has 64 valence electrons. The van der Waals surface area contributed by atoms with Crippen LogP contribution in [-0.4, -0.2) is 13.2 Å². The Hall–Kier alpha value is -0.300. The predicted molar refractivity (Wildman–Crippen MR) is 47.5 cm³/mol. The molecule has 0 unspecified atom stereocenters. The van der Waals surface area contributed by atoms with Gasteiger partial charge in [-0.2, -0.15) is 0 Å². The molecular formula is C10H18O. The molecule has 0 bridgehead atoms. The van der Waals surface area contributed by atoms with Crippen molar-refractivity contribution in [1.82, 2.24) is 0 Å². The second kappa shape index (κ2) is 3.91. The smallest absolute Gasteiger partial charge is 0.0782 e. The monoisotopic (exact) mass is 154 g/mol. The predicted octanol–water partition coefficient (Wildman–Crippen LogP) is 2.62. The molecule has 0 N–H and O–H groups in total. The Kier molecular flexibility index (Phi) is 3.13. The molecule has 1 nitrogen and oxygen atoms in total. The highest BCUT2D eigenvalue weighted by atomic mass is 16.5. The maximum atomic E-state index is 5.38. The van der Waals surface area contributed by atoms with Crippen LogP contribution >= 0.6 is 0 Å². The summed E-state index contributed by atoms with van der Waals surface area (Å²) in [7, 11) is 1.80. The molecule has 0 fully saturated rings. The summed E-state index contributed by atoms with van der Waals surface area (Å²) < 4.78 is 5.38. The molecule has 0 aromatic heterocycles. The number of allylic oxidation sites excluding steroid dienone is 1. The van der Waals surface area contributed by atoms with Crippen molar-refractivity contribution >= 4 is 0 Å². The van der Waals surface area contributed by atoms with Crippen LogP contribution in [0.2, 0.25) is 0 Å². The molecule has 0 saturated carbocycles. The highest BCUT2D eigenvalue weighted by Gasteiger charge is 2.23. The molecule has 1 aliphatic rings. The number of rotatable bonds is 2. The van der Waals surface area contributed by atoms with Crippen LogP contribution < -0.4 is 0 Å². The third-order valence-corrected chi connectivity index (χ3v) is 2.54. The summed E-state index contributed by atoms with van der Waals surface area (Å²) in [5.74, 6) is 1.47. The molecule has 2 atom stereocenters. The minimum atomic E-state index is 0.365. The molecule has 0 amide bonds.